The Bertz CT molecular complexity index is 632. The molecule has 0 atom stereocenters. The molecule has 0 saturated carbocycles. The lowest BCUT2D eigenvalue weighted by Crippen LogP contribution is -2.07. The lowest BCUT2D eigenvalue weighted by Gasteiger charge is -2.13. The maximum absolute atomic E-state index is 13.1. The normalized spacial score (nSPS) is 10.7. The molecule has 0 aromatic heterocycles. The number of nitrogens with two attached hydrogens (primary N) is 1. The third-order valence-electron chi connectivity index (χ3n) is 2.78. The van der Waals surface area contributed by atoms with Crippen LogP contribution in [0.3, 0.4) is 0 Å². The third kappa shape index (κ3) is 4.53. The van der Waals surface area contributed by atoms with Crippen LogP contribution in [0.15, 0.2) is 36.4 Å². The molecule has 0 amide bonds. The molecular formula is C16H18ClFN2O. The molecule has 0 spiro atoms. The van der Waals surface area contributed by atoms with Crippen molar-refractivity contribution in [2.75, 3.05) is 11.1 Å². The molecule has 0 unspecified atom stereocenters. The summed E-state index contributed by atoms with van der Waals surface area (Å²) in [5.74, 6) is 0.293. The number of nitrogens with one attached hydrogen (secondary N) is 1. The highest BCUT2D eigenvalue weighted by atomic mass is 35.5. The maximum Gasteiger partial charge on any atom is 0.141 e. The average molecular weight is 309 g/mol. The van der Waals surface area contributed by atoms with Gasteiger partial charge in [0, 0.05) is 30.1 Å². The topological polar surface area (TPSA) is 47.3 Å². The van der Waals surface area contributed by atoms with E-state index in [1.165, 1.54) is 6.07 Å². The van der Waals surface area contributed by atoms with Gasteiger partial charge in [0.2, 0.25) is 0 Å². The van der Waals surface area contributed by atoms with Gasteiger partial charge in [0.15, 0.2) is 0 Å². The molecule has 0 aliphatic heterocycles. The predicted molar refractivity (Wildman–Crippen MR) is 85.4 cm³/mol. The molecule has 0 radical (unpaired) electrons. The number of nitrogen functional groups attached to an aromatic ring is 1. The highest BCUT2D eigenvalue weighted by Crippen LogP contribution is 2.24. The van der Waals surface area contributed by atoms with Crippen molar-refractivity contribution in [3.8, 4) is 5.75 Å². The summed E-state index contributed by atoms with van der Waals surface area (Å²) >= 11 is 5.76. The smallest absolute Gasteiger partial charge is 0.141 e. The second kappa shape index (κ2) is 6.68. The van der Waals surface area contributed by atoms with Crippen molar-refractivity contribution in [3.05, 3.63) is 52.8 Å². The lowest BCUT2D eigenvalue weighted by molar-refractivity contribution is 0.242. The van der Waals surface area contributed by atoms with Crippen LogP contribution in [0, 0.1) is 5.82 Å². The molecule has 0 fully saturated rings. The van der Waals surface area contributed by atoms with Crippen LogP contribution in [-0.2, 0) is 6.54 Å². The van der Waals surface area contributed by atoms with Gasteiger partial charge in [-0.15, -0.1) is 0 Å². The van der Waals surface area contributed by atoms with Gasteiger partial charge in [0.05, 0.1) is 11.1 Å². The first-order valence-corrected chi connectivity index (χ1v) is 7.07. The van der Waals surface area contributed by atoms with E-state index >= 15 is 0 Å². The number of hydrogen-bond donors (Lipinski definition) is 2. The summed E-state index contributed by atoms with van der Waals surface area (Å²) in [5, 5.41) is 3.34. The molecule has 5 heteroatoms. The number of hydrogen-bond acceptors (Lipinski definition) is 3. The second-order valence-corrected chi connectivity index (χ2v) is 5.47. The molecule has 3 nitrogen and oxygen atoms in total. The molecule has 112 valence electrons. The third-order valence-corrected chi connectivity index (χ3v) is 3.07. The fourth-order valence-corrected chi connectivity index (χ4v) is 2.12. The van der Waals surface area contributed by atoms with Crippen molar-refractivity contribution in [2.45, 2.75) is 26.5 Å². The molecule has 21 heavy (non-hydrogen) atoms. The number of anilines is 2. The van der Waals surface area contributed by atoms with Gasteiger partial charge in [-0.1, -0.05) is 17.7 Å². The Labute approximate surface area is 128 Å². The zero-order valence-corrected chi connectivity index (χ0v) is 12.7. The molecule has 0 heterocycles. The van der Waals surface area contributed by atoms with E-state index in [1.54, 1.807) is 18.2 Å². The molecule has 0 bridgehead atoms. The summed E-state index contributed by atoms with van der Waals surface area (Å²) < 4.78 is 18.7. The van der Waals surface area contributed by atoms with E-state index < -0.39 is 5.82 Å². The first-order chi connectivity index (χ1) is 9.94. The Hall–Kier alpha value is -1.94. The van der Waals surface area contributed by atoms with E-state index in [0.29, 0.717) is 18.0 Å². The van der Waals surface area contributed by atoms with Crippen molar-refractivity contribution in [3.63, 3.8) is 0 Å². The van der Waals surface area contributed by atoms with Crippen LogP contribution in [0.2, 0.25) is 5.02 Å². The first kappa shape index (κ1) is 15.4. The Morgan fingerprint density at radius 2 is 2.00 bits per heavy atom. The van der Waals surface area contributed by atoms with Gasteiger partial charge in [-0.05, 0) is 37.6 Å². The fraction of sp³-hybridized carbons (Fsp3) is 0.250. The largest absolute Gasteiger partial charge is 0.491 e. The van der Waals surface area contributed by atoms with Gasteiger partial charge in [-0.3, -0.25) is 0 Å². The van der Waals surface area contributed by atoms with Gasteiger partial charge in [-0.2, -0.15) is 0 Å². The molecule has 0 aliphatic carbocycles. The number of ether oxygens (including phenoxy) is 1. The number of rotatable bonds is 5. The molecule has 2 rings (SSSR count). The number of benzene rings is 2. The van der Waals surface area contributed by atoms with Gasteiger partial charge >= 0.3 is 0 Å². The van der Waals surface area contributed by atoms with Crippen LogP contribution in [-0.4, -0.2) is 6.10 Å². The van der Waals surface area contributed by atoms with Crippen LogP contribution in [0.25, 0.3) is 0 Å². The highest BCUT2D eigenvalue weighted by molar-refractivity contribution is 6.30. The summed E-state index contributed by atoms with van der Waals surface area (Å²) in [7, 11) is 0. The molecule has 2 aromatic rings. The molecule has 0 saturated heterocycles. The quantitative estimate of drug-likeness (QED) is 0.802. The van der Waals surface area contributed by atoms with E-state index in [0.717, 1.165) is 11.3 Å². The minimum Gasteiger partial charge on any atom is -0.491 e. The molecule has 3 N–H and O–H groups in total. The summed E-state index contributed by atoms with van der Waals surface area (Å²) in [4.78, 5) is 0. The summed E-state index contributed by atoms with van der Waals surface area (Å²) in [5.41, 5.74) is 8.20. The fourth-order valence-electron chi connectivity index (χ4n) is 1.92. The van der Waals surface area contributed by atoms with E-state index in [2.05, 4.69) is 5.32 Å². The predicted octanol–water partition coefficient (Wildman–Crippen LogP) is 4.46. The molecule has 0 aliphatic rings. The summed E-state index contributed by atoms with van der Waals surface area (Å²) in [6.07, 6.45) is 0.0792. The van der Waals surface area contributed by atoms with Crippen LogP contribution in [0.4, 0.5) is 15.8 Å². The Morgan fingerprint density at radius 1 is 1.24 bits per heavy atom. The second-order valence-electron chi connectivity index (χ2n) is 5.06. The summed E-state index contributed by atoms with van der Waals surface area (Å²) in [6, 6.07) is 10.1. The molecule has 2 aromatic carbocycles. The maximum atomic E-state index is 13.1. The van der Waals surface area contributed by atoms with Gasteiger partial charge in [-0.25, -0.2) is 4.39 Å². The van der Waals surface area contributed by atoms with Crippen molar-refractivity contribution < 1.29 is 9.13 Å². The highest BCUT2D eigenvalue weighted by Gasteiger charge is 2.04. The van der Waals surface area contributed by atoms with Gasteiger partial charge in [0.25, 0.3) is 0 Å². The van der Waals surface area contributed by atoms with Crippen LogP contribution < -0.4 is 15.8 Å². The standard InChI is InChI=1S/C16H18ClFN2O/c1-10(2)21-14-7-12(19)6-13(8-14)20-9-11-3-4-16(18)15(17)5-11/h3-8,10,20H,9,19H2,1-2H3. The van der Waals surface area contributed by atoms with Gasteiger partial charge < -0.3 is 15.8 Å². The van der Waals surface area contributed by atoms with Crippen LogP contribution in [0.1, 0.15) is 19.4 Å². The zero-order chi connectivity index (χ0) is 15.4. The first-order valence-electron chi connectivity index (χ1n) is 6.69. The van der Waals surface area contributed by atoms with E-state index in [4.69, 9.17) is 22.1 Å². The average Bonchev–Trinajstić information content (AvgIpc) is 2.39. The van der Waals surface area contributed by atoms with E-state index in [1.807, 2.05) is 26.0 Å². The summed E-state index contributed by atoms with van der Waals surface area (Å²) in [6.45, 7) is 4.43. The number of halogens is 2. The van der Waals surface area contributed by atoms with Gasteiger partial charge in [0.1, 0.15) is 11.6 Å². The van der Waals surface area contributed by atoms with E-state index in [9.17, 15) is 4.39 Å². The van der Waals surface area contributed by atoms with Crippen molar-refractivity contribution in [1.82, 2.24) is 0 Å². The SMILES string of the molecule is CC(C)Oc1cc(N)cc(NCc2ccc(F)c(Cl)c2)c1. The van der Waals surface area contributed by atoms with Crippen LogP contribution >= 0.6 is 11.6 Å². The van der Waals surface area contributed by atoms with E-state index in [-0.39, 0.29) is 11.1 Å². The lowest BCUT2D eigenvalue weighted by atomic mass is 10.2. The van der Waals surface area contributed by atoms with Crippen LogP contribution in [0.5, 0.6) is 5.75 Å². The minimum atomic E-state index is -0.419. The monoisotopic (exact) mass is 308 g/mol. The Balaban J connectivity index is 2.08. The molecular weight excluding hydrogens is 291 g/mol. The Morgan fingerprint density at radius 3 is 2.67 bits per heavy atom. The minimum absolute atomic E-state index is 0.0792. The van der Waals surface area contributed by atoms with Crippen molar-refractivity contribution in [1.29, 1.82) is 0 Å². The Kier molecular flexibility index (Phi) is 4.91. The van der Waals surface area contributed by atoms with Crippen molar-refractivity contribution in [2.24, 2.45) is 0 Å². The van der Waals surface area contributed by atoms with Crippen molar-refractivity contribution >= 4 is 23.0 Å². The zero-order valence-electron chi connectivity index (χ0n) is 12.0.